The van der Waals surface area contributed by atoms with Crippen molar-refractivity contribution in [3.05, 3.63) is 72.6 Å². The number of hydrogen-bond acceptors (Lipinski definition) is 8. The number of hydrogen-bond donors (Lipinski definition) is 2. The van der Waals surface area contributed by atoms with E-state index in [1.165, 1.54) is 24.8 Å². The third-order valence-corrected chi connectivity index (χ3v) is 6.88. The van der Waals surface area contributed by atoms with Gasteiger partial charge in [0.25, 0.3) is 5.56 Å². The molecule has 0 fully saturated rings. The Hall–Kier alpha value is -2.25. The van der Waals surface area contributed by atoms with Gasteiger partial charge < -0.3 is 14.0 Å². The van der Waals surface area contributed by atoms with E-state index in [1.807, 2.05) is 6.07 Å². The maximum atomic E-state index is 13.4. The minimum absolute atomic E-state index is 0.202. The summed E-state index contributed by atoms with van der Waals surface area (Å²) in [6.45, 7) is 2.83. The predicted molar refractivity (Wildman–Crippen MR) is 127 cm³/mol. The summed E-state index contributed by atoms with van der Waals surface area (Å²) in [7, 11) is -2.82. The Kier molecular flexibility index (Phi) is 8.29. The fourth-order valence-corrected chi connectivity index (χ4v) is 4.92. The number of carbonyl (C=O) groups is 1. The second-order valence-electron chi connectivity index (χ2n) is 7.14. The van der Waals surface area contributed by atoms with Gasteiger partial charge in [-0.05, 0) is 60.7 Å². The zero-order valence-corrected chi connectivity index (χ0v) is 21.1. The molecule has 1 unspecified atom stereocenters. The first-order valence-corrected chi connectivity index (χ1v) is 12.4. The van der Waals surface area contributed by atoms with Gasteiger partial charge in [-0.15, -0.1) is 0 Å². The van der Waals surface area contributed by atoms with Crippen molar-refractivity contribution in [1.29, 1.82) is 0 Å². The molecule has 1 aromatic carbocycles. The van der Waals surface area contributed by atoms with Gasteiger partial charge >= 0.3 is 19.4 Å². The number of aryl methyl sites for hydroxylation is 1. The van der Waals surface area contributed by atoms with E-state index in [1.54, 1.807) is 37.3 Å². The van der Waals surface area contributed by atoms with Crippen molar-refractivity contribution < 1.29 is 27.9 Å². The average molecular weight is 591 g/mol. The zero-order chi connectivity index (χ0) is 24.2. The van der Waals surface area contributed by atoms with Gasteiger partial charge in [0.2, 0.25) is 0 Å². The van der Waals surface area contributed by atoms with E-state index in [2.05, 4.69) is 37.4 Å². The van der Waals surface area contributed by atoms with Crippen LogP contribution in [0.3, 0.4) is 0 Å². The lowest BCUT2D eigenvalue weighted by atomic mass is 10.3. The molecule has 2 heterocycles. The second-order valence-corrected chi connectivity index (χ2v) is 10.1. The van der Waals surface area contributed by atoms with Crippen LogP contribution in [0.5, 0.6) is 5.75 Å². The molecule has 13 heteroatoms. The fraction of sp³-hybridized carbons (Fsp3) is 0.350. The van der Waals surface area contributed by atoms with Crippen molar-refractivity contribution in [1.82, 2.24) is 14.6 Å². The van der Waals surface area contributed by atoms with Crippen LogP contribution in [-0.2, 0) is 23.4 Å². The smallest absolute Gasteiger partial charge is 0.459 e. The van der Waals surface area contributed by atoms with E-state index in [0.29, 0.717) is 5.56 Å². The number of carbonyl (C=O) groups excluding carboxylic acids is 1. The molecule has 0 saturated heterocycles. The highest BCUT2D eigenvalue weighted by molar-refractivity contribution is 14.1. The molecule has 0 amide bonds. The van der Waals surface area contributed by atoms with E-state index >= 15 is 0 Å². The molecule has 2 aromatic rings. The monoisotopic (exact) mass is 591 g/mol. The molecule has 0 radical (unpaired) electrons. The summed E-state index contributed by atoms with van der Waals surface area (Å²) in [6, 6.07) is 5.85. The molecule has 1 aromatic heterocycles. The minimum atomic E-state index is -4.04. The number of halogens is 1. The molecule has 1 aliphatic rings. The normalized spacial score (nSPS) is 20.2. The van der Waals surface area contributed by atoms with Crippen molar-refractivity contribution in [3.8, 4) is 5.75 Å². The van der Waals surface area contributed by atoms with E-state index in [0.717, 1.165) is 3.57 Å². The van der Waals surface area contributed by atoms with Gasteiger partial charge in [0, 0.05) is 15.3 Å². The largest absolute Gasteiger partial charge is 0.468 e. The first-order valence-electron chi connectivity index (χ1n) is 9.81. The quantitative estimate of drug-likeness (QED) is 0.195. The molecule has 0 aliphatic carbocycles. The van der Waals surface area contributed by atoms with Crippen LogP contribution in [0.15, 0.2) is 52.2 Å². The lowest BCUT2D eigenvalue weighted by molar-refractivity contribution is -0.142. The molecule has 0 bridgehead atoms. The van der Waals surface area contributed by atoms with E-state index < -0.39 is 43.3 Å². The number of rotatable bonds is 9. The highest BCUT2D eigenvalue weighted by atomic mass is 127. The van der Waals surface area contributed by atoms with Crippen LogP contribution in [0.2, 0.25) is 0 Å². The van der Waals surface area contributed by atoms with Gasteiger partial charge in [0.1, 0.15) is 17.9 Å². The Morgan fingerprint density at radius 3 is 2.82 bits per heavy atom. The third-order valence-electron chi connectivity index (χ3n) is 4.56. The minimum Gasteiger partial charge on any atom is -0.468 e. The first kappa shape index (κ1) is 25.4. The first-order chi connectivity index (χ1) is 15.6. The molecule has 2 N–H and O–H groups in total. The number of ether oxygens (including phenoxy) is 2. The zero-order valence-electron chi connectivity index (χ0n) is 18.0. The van der Waals surface area contributed by atoms with Gasteiger partial charge in [-0.2, -0.15) is 5.09 Å². The molecule has 0 saturated carbocycles. The highest BCUT2D eigenvalue weighted by Crippen LogP contribution is 2.45. The SMILES string of the molecule is COC(=O)[C@H](C)NP(=O)(OC[C@@H]1C=C[C@H](n2cc(C)c(=O)[nH]c2=O)O1)Oc1cccc(I)c1. The van der Waals surface area contributed by atoms with Crippen molar-refractivity contribution in [3.63, 3.8) is 0 Å². The van der Waals surface area contributed by atoms with Crippen LogP contribution < -0.4 is 20.9 Å². The Morgan fingerprint density at radius 2 is 2.12 bits per heavy atom. The van der Waals surface area contributed by atoms with Crippen LogP contribution in [0, 0.1) is 10.5 Å². The molecular weight excluding hydrogens is 568 g/mol. The number of aromatic amines is 1. The number of benzene rings is 1. The number of methoxy groups -OCH3 is 1. The Labute approximate surface area is 202 Å². The summed E-state index contributed by atoms with van der Waals surface area (Å²) >= 11 is 2.08. The van der Waals surface area contributed by atoms with Gasteiger partial charge in [-0.1, -0.05) is 12.1 Å². The van der Waals surface area contributed by atoms with Crippen molar-refractivity contribution >= 4 is 36.3 Å². The molecule has 178 valence electrons. The number of nitrogens with zero attached hydrogens (tertiary/aromatic N) is 1. The molecule has 11 nitrogen and oxygen atoms in total. The summed E-state index contributed by atoms with van der Waals surface area (Å²) in [5.41, 5.74) is -0.747. The summed E-state index contributed by atoms with van der Waals surface area (Å²) in [6.07, 6.45) is 3.20. The summed E-state index contributed by atoms with van der Waals surface area (Å²) in [4.78, 5) is 37.7. The van der Waals surface area contributed by atoms with Crippen LogP contribution in [-0.4, -0.2) is 41.4 Å². The molecule has 1 aliphatic heterocycles. The van der Waals surface area contributed by atoms with Crippen LogP contribution in [0.1, 0.15) is 18.7 Å². The van der Waals surface area contributed by atoms with Gasteiger partial charge in [0.15, 0.2) is 6.23 Å². The second kappa shape index (κ2) is 10.8. The van der Waals surface area contributed by atoms with Crippen molar-refractivity contribution in [2.24, 2.45) is 0 Å². The number of nitrogens with one attached hydrogen (secondary N) is 2. The maximum absolute atomic E-state index is 13.4. The summed E-state index contributed by atoms with van der Waals surface area (Å²) in [5, 5.41) is 2.56. The van der Waals surface area contributed by atoms with Gasteiger partial charge in [0.05, 0.1) is 13.7 Å². The van der Waals surface area contributed by atoms with Gasteiger partial charge in [-0.3, -0.25) is 23.7 Å². The standard InChI is InChI=1S/C20H23IN3O8P/c1-12-10-24(20(27)22-18(12)25)17-8-7-16(31-17)11-30-33(28,23-13(2)19(26)29-3)32-15-6-4-5-14(21)9-15/h4-10,13,16-17H,11H2,1-3H3,(H,23,28)(H,22,25,27)/t13-,16-,17+,33?/m0/s1. The number of esters is 1. The highest BCUT2D eigenvalue weighted by Gasteiger charge is 2.34. The molecule has 4 atom stereocenters. The number of aromatic nitrogens is 2. The Morgan fingerprint density at radius 1 is 1.36 bits per heavy atom. The third kappa shape index (κ3) is 6.64. The summed E-state index contributed by atoms with van der Waals surface area (Å²) < 4.78 is 37.1. The maximum Gasteiger partial charge on any atom is 0.459 e. The van der Waals surface area contributed by atoms with Crippen molar-refractivity contribution in [2.45, 2.75) is 32.2 Å². The number of H-pyrrole nitrogens is 1. The van der Waals surface area contributed by atoms with E-state index in [4.69, 9.17) is 13.8 Å². The van der Waals surface area contributed by atoms with E-state index in [9.17, 15) is 18.9 Å². The van der Waals surface area contributed by atoms with Crippen molar-refractivity contribution in [2.75, 3.05) is 13.7 Å². The molecule has 33 heavy (non-hydrogen) atoms. The van der Waals surface area contributed by atoms with Crippen LogP contribution in [0.4, 0.5) is 0 Å². The Balaban J connectivity index is 1.71. The van der Waals surface area contributed by atoms with E-state index in [-0.39, 0.29) is 12.4 Å². The molecule has 0 spiro atoms. The predicted octanol–water partition coefficient (Wildman–Crippen LogP) is 2.26. The molecule has 3 rings (SSSR count). The Bertz CT molecular complexity index is 1210. The molecular formula is C20H23IN3O8P. The van der Waals surface area contributed by atoms with Crippen LogP contribution in [0.25, 0.3) is 0 Å². The summed E-state index contributed by atoms with van der Waals surface area (Å²) in [5.74, 6) is -0.360. The topological polar surface area (TPSA) is 138 Å². The van der Waals surface area contributed by atoms with Crippen LogP contribution >= 0.6 is 30.3 Å². The average Bonchev–Trinajstić information content (AvgIpc) is 3.23. The lowest BCUT2D eigenvalue weighted by Crippen LogP contribution is -2.35. The van der Waals surface area contributed by atoms with Gasteiger partial charge in [-0.25, -0.2) is 9.36 Å². The fourth-order valence-electron chi connectivity index (χ4n) is 2.91. The lowest BCUT2D eigenvalue weighted by Gasteiger charge is -2.24.